The summed E-state index contributed by atoms with van der Waals surface area (Å²) in [6, 6.07) is 8.09. The van der Waals surface area contributed by atoms with Crippen molar-refractivity contribution < 1.29 is 4.74 Å². The van der Waals surface area contributed by atoms with Gasteiger partial charge in [-0.25, -0.2) is 4.98 Å². The molecule has 2 unspecified atom stereocenters. The number of anilines is 1. The van der Waals surface area contributed by atoms with Crippen molar-refractivity contribution >= 4 is 17.0 Å². The Balaban J connectivity index is 1.85. The number of fused-ring (bicyclic) bond motifs is 1. The number of nitrogens with one attached hydrogen (secondary N) is 1. The first-order valence-electron chi connectivity index (χ1n) is 6.31. The molecule has 1 aromatic carbocycles. The van der Waals surface area contributed by atoms with E-state index in [1.54, 1.807) is 0 Å². The van der Waals surface area contributed by atoms with E-state index in [1.165, 1.54) is 0 Å². The zero-order chi connectivity index (χ0) is 12.5. The van der Waals surface area contributed by atoms with Crippen molar-refractivity contribution in [1.29, 1.82) is 0 Å². The third-order valence-electron chi connectivity index (χ3n) is 3.36. The second kappa shape index (κ2) is 4.59. The molecule has 3 rings (SSSR count). The highest BCUT2D eigenvalue weighted by atomic mass is 16.5. The summed E-state index contributed by atoms with van der Waals surface area (Å²) in [7, 11) is 0. The Kier molecular flexibility index (Phi) is 2.93. The van der Waals surface area contributed by atoms with Crippen molar-refractivity contribution in [3.63, 3.8) is 0 Å². The van der Waals surface area contributed by atoms with Crippen LogP contribution in [0.1, 0.15) is 6.92 Å². The van der Waals surface area contributed by atoms with E-state index >= 15 is 0 Å². The molecule has 96 valence electrons. The first-order valence-corrected chi connectivity index (χ1v) is 6.31. The molecule has 2 heterocycles. The van der Waals surface area contributed by atoms with Crippen molar-refractivity contribution in [2.75, 3.05) is 24.6 Å². The fraction of sp³-hybridized carbons (Fsp3) is 0.462. The number of morpholine rings is 1. The minimum Gasteiger partial charge on any atom is -0.373 e. The maximum absolute atomic E-state index is 5.90. The molecule has 0 amide bonds. The van der Waals surface area contributed by atoms with Crippen LogP contribution in [0.3, 0.4) is 0 Å². The smallest absolute Gasteiger partial charge is 0.204 e. The van der Waals surface area contributed by atoms with Gasteiger partial charge < -0.3 is 20.4 Å². The summed E-state index contributed by atoms with van der Waals surface area (Å²) in [4.78, 5) is 10.2. The second-order valence-electron chi connectivity index (χ2n) is 4.79. The lowest BCUT2D eigenvalue weighted by Crippen LogP contribution is -2.50. The Morgan fingerprint density at radius 3 is 3.11 bits per heavy atom. The molecule has 0 saturated carbocycles. The van der Waals surface area contributed by atoms with E-state index < -0.39 is 0 Å². The van der Waals surface area contributed by atoms with Crippen LogP contribution in [0.25, 0.3) is 11.0 Å². The number of rotatable bonds is 2. The van der Waals surface area contributed by atoms with Gasteiger partial charge >= 0.3 is 0 Å². The zero-order valence-corrected chi connectivity index (χ0v) is 10.5. The number of hydrogen-bond donors (Lipinski definition) is 2. The molecule has 1 saturated heterocycles. The summed E-state index contributed by atoms with van der Waals surface area (Å²) in [5.41, 5.74) is 7.96. The molecule has 1 aliphatic rings. The third kappa shape index (κ3) is 2.07. The van der Waals surface area contributed by atoms with E-state index in [4.69, 9.17) is 10.5 Å². The number of hydrogen-bond acceptors (Lipinski definition) is 4. The standard InChI is InChI=1S/C13H18N4O/c1-9(14)12-8-17(6-7-18-12)13-15-10-4-2-3-5-11(10)16-13/h2-5,9,12H,6-8,14H2,1H3,(H,15,16). The number of imidazole rings is 1. The molecule has 0 bridgehead atoms. The summed E-state index contributed by atoms with van der Waals surface area (Å²) >= 11 is 0. The van der Waals surface area contributed by atoms with Crippen LogP contribution in [0, 0.1) is 0 Å². The van der Waals surface area contributed by atoms with Gasteiger partial charge in [0.25, 0.3) is 0 Å². The predicted octanol–water partition coefficient (Wildman–Crippen LogP) is 1.12. The predicted molar refractivity (Wildman–Crippen MR) is 71.7 cm³/mol. The summed E-state index contributed by atoms with van der Waals surface area (Å²) < 4.78 is 5.66. The minimum absolute atomic E-state index is 0.0391. The van der Waals surface area contributed by atoms with Crippen molar-refractivity contribution in [2.24, 2.45) is 5.73 Å². The highest BCUT2D eigenvalue weighted by molar-refractivity contribution is 5.77. The van der Waals surface area contributed by atoms with Gasteiger partial charge in [-0.3, -0.25) is 0 Å². The molecule has 3 N–H and O–H groups in total. The Labute approximate surface area is 106 Å². The monoisotopic (exact) mass is 246 g/mol. The molecule has 2 atom stereocenters. The van der Waals surface area contributed by atoms with Gasteiger partial charge in [0, 0.05) is 19.1 Å². The highest BCUT2D eigenvalue weighted by Gasteiger charge is 2.25. The fourth-order valence-corrected chi connectivity index (χ4v) is 2.27. The second-order valence-corrected chi connectivity index (χ2v) is 4.79. The minimum atomic E-state index is 0.0391. The molecular weight excluding hydrogens is 228 g/mol. The molecule has 5 heteroatoms. The van der Waals surface area contributed by atoms with Crippen LogP contribution in [0.15, 0.2) is 24.3 Å². The number of aromatic nitrogens is 2. The van der Waals surface area contributed by atoms with Gasteiger partial charge in [-0.2, -0.15) is 0 Å². The van der Waals surface area contributed by atoms with Crippen LogP contribution in [0.4, 0.5) is 5.95 Å². The van der Waals surface area contributed by atoms with Gasteiger partial charge in [0.05, 0.1) is 23.7 Å². The number of benzene rings is 1. The summed E-state index contributed by atoms with van der Waals surface area (Å²) in [6.45, 7) is 4.32. The van der Waals surface area contributed by atoms with E-state index in [9.17, 15) is 0 Å². The van der Waals surface area contributed by atoms with Crippen LogP contribution in [0.5, 0.6) is 0 Å². The Morgan fingerprint density at radius 2 is 2.33 bits per heavy atom. The molecule has 1 aromatic heterocycles. The first kappa shape index (κ1) is 11.5. The molecule has 1 fully saturated rings. The largest absolute Gasteiger partial charge is 0.373 e. The SMILES string of the molecule is CC(N)C1CN(c2nc3ccccc3[nH]2)CCO1. The molecule has 18 heavy (non-hydrogen) atoms. The number of para-hydroxylation sites is 2. The van der Waals surface area contributed by atoms with E-state index in [0.717, 1.165) is 30.1 Å². The quantitative estimate of drug-likeness (QED) is 0.833. The molecule has 1 aliphatic heterocycles. The summed E-state index contributed by atoms with van der Waals surface area (Å²) in [5, 5.41) is 0. The van der Waals surface area contributed by atoms with Crippen molar-refractivity contribution in [3.05, 3.63) is 24.3 Å². The normalized spacial score (nSPS) is 22.3. The lowest BCUT2D eigenvalue weighted by molar-refractivity contribution is 0.0271. The Morgan fingerprint density at radius 1 is 1.50 bits per heavy atom. The van der Waals surface area contributed by atoms with Crippen molar-refractivity contribution in [3.8, 4) is 0 Å². The van der Waals surface area contributed by atoms with Gasteiger partial charge in [-0.15, -0.1) is 0 Å². The van der Waals surface area contributed by atoms with E-state index in [-0.39, 0.29) is 12.1 Å². The molecule has 5 nitrogen and oxygen atoms in total. The third-order valence-corrected chi connectivity index (χ3v) is 3.36. The number of nitrogens with zero attached hydrogens (tertiary/aromatic N) is 2. The van der Waals surface area contributed by atoms with Crippen LogP contribution in [-0.4, -0.2) is 41.8 Å². The van der Waals surface area contributed by atoms with Gasteiger partial charge in [0.15, 0.2) is 0 Å². The molecular formula is C13H18N4O. The maximum atomic E-state index is 5.90. The average Bonchev–Trinajstić information content (AvgIpc) is 2.82. The maximum Gasteiger partial charge on any atom is 0.204 e. The van der Waals surface area contributed by atoms with Crippen molar-refractivity contribution in [2.45, 2.75) is 19.1 Å². The van der Waals surface area contributed by atoms with E-state index in [1.807, 2.05) is 31.2 Å². The average molecular weight is 246 g/mol. The number of aromatic amines is 1. The van der Waals surface area contributed by atoms with Crippen LogP contribution >= 0.6 is 0 Å². The number of nitrogens with two attached hydrogens (primary N) is 1. The van der Waals surface area contributed by atoms with E-state index in [2.05, 4.69) is 14.9 Å². The topological polar surface area (TPSA) is 67.2 Å². The first-order chi connectivity index (χ1) is 8.74. The highest BCUT2D eigenvalue weighted by Crippen LogP contribution is 2.19. The fourth-order valence-electron chi connectivity index (χ4n) is 2.27. The molecule has 0 radical (unpaired) electrons. The summed E-state index contributed by atoms with van der Waals surface area (Å²) in [6.07, 6.45) is 0.0759. The Bertz CT molecular complexity index is 504. The van der Waals surface area contributed by atoms with Crippen molar-refractivity contribution in [1.82, 2.24) is 9.97 Å². The summed E-state index contributed by atoms with van der Waals surface area (Å²) in [5.74, 6) is 0.908. The lowest BCUT2D eigenvalue weighted by Gasteiger charge is -2.34. The molecule has 2 aromatic rings. The number of H-pyrrole nitrogens is 1. The Hall–Kier alpha value is -1.59. The van der Waals surface area contributed by atoms with Gasteiger partial charge in [-0.05, 0) is 19.1 Å². The lowest BCUT2D eigenvalue weighted by atomic mass is 10.1. The zero-order valence-electron chi connectivity index (χ0n) is 10.5. The molecule has 0 spiro atoms. The van der Waals surface area contributed by atoms with Gasteiger partial charge in [0.1, 0.15) is 0 Å². The van der Waals surface area contributed by atoms with Crippen LogP contribution in [-0.2, 0) is 4.74 Å². The van der Waals surface area contributed by atoms with Crippen LogP contribution < -0.4 is 10.6 Å². The van der Waals surface area contributed by atoms with Gasteiger partial charge in [-0.1, -0.05) is 12.1 Å². The van der Waals surface area contributed by atoms with E-state index in [0.29, 0.717) is 6.61 Å². The number of ether oxygens (including phenoxy) is 1. The van der Waals surface area contributed by atoms with Crippen LogP contribution in [0.2, 0.25) is 0 Å². The molecule has 0 aliphatic carbocycles. The van der Waals surface area contributed by atoms with Gasteiger partial charge in [0.2, 0.25) is 5.95 Å².